The third kappa shape index (κ3) is 2.95. The Morgan fingerprint density at radius 2 is 1.85 bits per heavy atom. The Kier molecular flexibility index (Phi) is 4.00. The van der Waals surface area contributed by atoms with E-state index >= 15 is 0 Å². The zero-order chi connectivity index (χ0) is 14.7. The highest BCUT2D eigenvalue weighted by atomic mass is 35.5. The van der Waals surface area contributed by atoms with Crippen molar-refractivity contribution in [1.29, 1.82) is 0 Å². The van der Waals surface area contributed by atoms with Crippen LogP contribution < -0.4 is 5.32 Å². The molecule has 2 aromatic carbocycles. The fourth-order valence-corrected chi connectivity index (χ4v) is 1.88. The van der Waals surface area contributed by atoms with Crippen LogP contribution in [-0.4, -0.2) is 10.8 Å². The largest absolute Gasteiger partial charge is 0.316 e. The molecule has 0 saturated heterocycles. The molecule has 2 rings (SSSR count). The first-order valence-electron chi connectivity index (χ1n) is 5.80. The van der Waals surface area contributed by atoms with Crippen LogP contribution in [0.3, 0.4) is 0 Å². The summed E-state index contributed by atoms with van der Waals surface area (Å²) in [6.45, 7) is 1.70. The number of nitro groups is 1. The molecule has 102 valence electrons. The van der Waals surface area contributed by atoms with E-state index in [1.807, 2.05) is 0 Å². The van der Waals surface area contributed by atoms with Crippen LogP contribution in [0.5, 0.6) is 0 Å². The molecule has 0 fully saturated rings. The third-order valence-corrected chi connectivity index (χ3v) is 3.04. The number of nitro benzene ring substituents is 1. The van der Waals surface area contributed by atoms with Gasteiger partial charge in [-0.1, -0.05) is 23.7 Å². The highest BCUT2D eigenvalue weighted by molar-refractivity contribution is 6.30. The van der Waals surface area contributed by atoms with Gasteiger partial charge >= 0.3 is 0 Å². The summed E-state index contributed by atoms with van der Waals surface area (Å²) >= 11 is 5.75. The van der Waals surface area contributed by atoms with Crippen molar-refractivity contribution < 1.29 is 9.72 Å². The second kappa shape index (κ2) is 5.71. The van der Waals surface area contributed by atoms with Gasteiger partial charge in [-0.05, 0) is 36.8 Å². The minimum atomic E-state index is -0.523. The zero-order valence-corrected chi connectivity index (χ0v) is 11.3. The average molecular weight is 291 g/mol. The number of rotatable bonds is 3. The highest BCUT2D eigenvalue weighted by Gasteiger charge is 2.18. The monoisotopic (exact) mass is 290 g/mol. The first-order chi connectivity index (χ1) is 9.49. The first kappa shape index (κ1) is 14.0. The van der Waals surface area contributed by atoms with E-state index in [1.165, 1.54) is 6.07 Å². The molecule has 0 aliphatic rings. The average Bonchev–Trinajstić information content (AvgIpc) is 2.41. The second-order valence-electron chi connectivity index (χ2n) is 4.19. The van der Waals surface area contributed by atoms with E-state index in [0.717, 1.165) is 0 Å². The van der Waals surface area contributed by atoms with Crippen molar-refractivity contribution in [1.82, 2.24) is 0 Å². The molecule has 2 aromatic rings. The summed E-state index contributed by atoms with van der Waals surface area (Å²) in [6, 6.07) is 10.9. The molecule has 0 saturated carbocycles. The van der Waals surface area contributed by atoms with E-state index in [2.05, 4.69) is 5.32 Å². The lowest BCUT2D eigenvalue weighted by atomic mass is 10.1. The Bertz CT molecular complexity index is 669. The SMILES string of the molecule is Cc1cccc([N+](=O)[O-])c1NC(=O)c1ccc(Cl)cc1. The van der Waals surface area contributed by atoms with Crippen molar-refractivity contribution in [3.8, 4) is 0 Å². The number of nitrogens with one attached hydrogen (secondary N) is 1. The number of benzene rings is 2. The fraction of sp³-hybridized carbons (Fsp3) is 0.0714. The number of halogens is 1. The van der Waals surface area contributed by atoms with Crippen LogP contribution in [0, 0.1) is 17.0 Å². The van der Waals surface area contributed by atoms with Gasteiger partial charge in [-0.15, -0.1) is 0 Å². The molecule has 0 radical (unpaired) electrons. The smallest absolute Gasteiger partial charge is 0.293 e. The number of hydrogen-bond acceptors (Lipinski definition) is 3. The maximum Gasteiger partial charge on any atom is 0.293 e. The predicted molar refractivity (Wildman–Crippen MR) is 77.2 cm³/mol. The Labute approximate surface area is 120 Å². The quantitative estimate of drug-likeness (QED) is 0.690. The molecule has 1 amide bonds. The van der Waals surface area contributed by atoms with Gasteiger partial charge in [-0.2, -0.15) is 0 Å². The van der Waals surface area contributed by atoms with E-state index < -0.39 is 10.8 Å². The molecule has 0 unspecified atom stereocenters. The van der Waals surface area contributed by atoms with Gasteiger partial charge in [0, 0.05) is 16.7 Å². The summed E-state index contributed by atoms with van der Waals surface area (Å²) in [5.74, 6) is -0.418. The third-order valence-electron chi connectivity index (χ3n) is 2.79. The van der Waals surface area contributed by atoms with E-state index in [-0.39, 0.29) is 11.4 Å². The molecule has 0 heterocycles. The van der Waals surface area contributed by atoms with Crippen LogP contribution in [0.25, 0.3) is 0 Å². The van der Waals surface area contributed by atoms with Crippen LogP contribution in [-0.2, 0) is 0 Å². The summed E-state index contributed by atoms with van der Waals surface area (Å²) in [6.07, 6.45) is 0. The van der Waals surface area contributed by atoms with Crippen LogP contribution in [0.15, 0.2) is 42.5 Å². The Morgan fingerprint density at radius 3 is 2.45 bits per heavy atom. The maximum absolute atomic E-state index is 12.1. The van der Waals surface area contributed by atoms with Crippen molar-refractivity contribution in [2.75, 3.05) is 5.32 Å². The molecule has 1 N–H and O–H groups in total. The lowest BCUT2D eigenvalue weighted by molar-refractivity contribution is -0.383. The standard InChI is InChI=1S/C14H11ClN2O3/c1-9-3-2-4-12(17(19)20)13(9)16-14(18)10-5-7-11(15)8-6-10/h2-8H,1H3,(H,16,18). The minimum absolute atomic E-state index is 0.132. The number of anilines is 1. The van der Waals surface area contributed by atoms with Gasteiger partial charge in [-0.3, -0.25) is 14.9 Å². The van der Waals surface area contributed by atoms with Crippen LogP contribution in [0.2, 0.25) is 5.02 Å². The number of nitrogens with zero attached hydrogens (tertiary/aromatic N) is 1. The second-order valence-corrected chi connectivity index (χ2v) is 4.62. The summed E-state index contributed by atoms with van der Waals surface area (Å²) in [5, 5.41) is 14.1. The molecular formula is C14H11ClN2O3. The van der Waals surface area contributed by atoms with Gasteiger partial charge in [0.15, 0.2) is 0 Å². The molecule has 0 atom stereocenters. The molecule has 0 bridgehead atoms. The van der Waals surface area contributed by atoms with Crippen molar-refractivity contribution in [2.24, 2.45) is 0 Å². The fourth-order valence-electron chi connectivity index (χ4n) is 1.75. The van der Waals surface area contributed by atoms with Crippen molar-refractivity contribution in [3.63, 3.8) is 0 Å². The predicted octanol–water partition coefficient (Wildman–Crippen LogP) is 3.81. The highest BCUT2D eigenvalue weighted by Crippen LogP contribution is 2.28. The number of para-hydroxylation sites is 1. The number of amides is 1. The number of aryl methyl sites for hydroxylation is 1. The topological polar surface area (TPSA) is 72.2 Å². The normalized spacial score (nSPS) is 10.1. The molecule has 0 aromatic heterocycles. The summed E-state index contributed by atoms with van der Waals surface area (Å²) < 4.78 is 0. The van der Waals surface area contributed by atoms with E-state index in [0.29, 0.717) is 16.1 Å². The van der Waals surface area contributed by atoms with Crippen molar-refractivity contribution in [3.05, 3.63) is 68.7 Å². The van der Waals surface area contributed by atoms with Gasteiger partial charge in [0.05, 0.1) is 4.92 Å². The van der Waals surface area contributed by atoms with Gasteiger partial charge in [0.2, 0.25) is 0 Å². The van der Waals surface area contributed by atoms with Crippen LogP contribution in [0.1, 0.15) is 15.9 Å². The van der Waals surface area contributed by atoms with Gasteiger partial charge in [0.25, 0.3) is 11.6 Å². The Morgan fingerprint density at radius 1 is 1.20 bits per heavy atom. The van der Waals surface area contributed by atoms with Crippen molar-refractivity contribution in [2.45, 2.75) is 6.92 Å². The minimum Gasteiger partial charge on any atom is -0.316 e. The van der Waals surface area contributed by atoms with Crippen LogP contribution >= 0.6 is 11.6 Å². The van der Waals surface area contributed by atoms with E-state index in [1.54, 1.807) is 43.3 Å². The summed E-state index contributed by atoms with van der Waals surface area (Å²) in [4.78, 5) is 22.5. The lowest BCUT2D eigenvalue weighted by Crippen LogP contribution is -2.14. The molecule has 0 spiro atoms. The van der Waals surface area contributed by atoms with E-state index in [9.17, 15) is 14.9 Å². The van der Waals surface area contributed by atoms with Gasteiger partial charge in [0.1, 0.15) is 5.69 Å². The molecule has 0 aliphatic heterocycles. The molecule has 20 heavy (non-hydrogen) atoms. The van der Waals surface area contributed by atoms with Gasteiger partial charge < -0.3 is 5.32 Å². The molecule has 6 heteroatoms. The van der Waals surface area contributed by atoms with E-state index in [4.69, 9.17) is 11.6 Å². The Hall–Kier alpha value is -2.40. The summed E-state index contributed by atoms with van der Waals surface area (Å²) in [7, 11) is 0. The summed E-state index contributed by atoms with van der Waals surface area (Å²) in [5.41, 5.74) is 1.08. The van der Waals surface area contributed by atoms with Crippen molar-refractivity contribution >= 4 is 28.9 Å². The number of hydrogen-bond donors (Lipinski definition) is 1. The molecule has 0 aliphatic carbocycles. The molecule has 5 nitrogen and oxygen atoms in total. The first-order valence-corrected chi connectivity index (χ1v) is 6.18. The number of carbonyl (C=O) groups excluding carboxylic acids is 1. The zero-order valence-electron chi connectivity index (χ0n) is 10.6. The lowest BCUT2D eigenvalue weighted by Gasteiger charge is -2.08. The number of carbonyl (C=O) groups is 1. The van der Waals surface area contributed by atoms with Gasteiger partial charge in [-0.25, -0.2) is 0 Å². The maximum atomic E-state index is 12.1. The van der Waals surface area contributed by atoms with Crippen LogP contribution in [0.4, 0.5) is 11.4 Å². The molecular weight excluding hydrogens is 280 g/mol. The Balaban J connectivity index is 2.32.